The lowest BCUT2D eigenvalue weighted by Gasteiger charge is -2.27. The van der Waals surface area contributed by atoms with Crippen molar-refractivity contribution in [1.82, 2.24) is 9.55 Å². The summed E-state index contributed by atoms with van der Waals surface area (Å²) in [6, 6.07) is 0.340. The molecule has 2 heterocycles. The van der Waals surface area contributed by atoms with Crippen molar-refractivity contribution in [3.05, 3.63) is 18.2 Å². The number of rotatable bonds is 3. The van der Waals surface area contributed by atoms with Gasteiger partial charge in [-0.2, -0.15) is 0 Å². The lowest BCUT2D eigenvalue weighted by atomic mass is 9.92. The van der Waals surface area contributed by atoms with Crippen molar-refractivity contribution in [2.24, 2.45) is 5.92 Å². The molecule has 1 aliphatic heterocycles. The van der Waals surface area contributed by atoms with E-state index in [1.54, 1.807) is 12.5 Å². The van der Waals surface area contributed by atoms with Crippen LogP contribution in [0.1, 0.15) is 44.5 Å². The molecule has 1 fully saturated rings. The Hall–Kier alpha value is -0.870. The van der Waals surface area contributed by atoms with Crippen LogP contribution in [0.3, 0.4) is 0 Å². The molecule has 0 aromatic carbocycles. The zero-order valence-corrected chi connectivity index (χ0v) is 9.97. The minimum absolute atomic E-state index is 0.308. The third-order valence-electron chi connectivity index (χ3n) is 3.27. The first-order chi connectivity index (χ1) is 7.70. The third-order valence-corrected chi connectivity index (χ3v) is 3.27. The first kappa shape index (κ1) is 11.6. The molecule has 1 aliphatic rings. The number of aliphatic hydroxyl groups is 1. The summed E-state index contributed by atoms with van der Waals surface area (Å²) in [4.78, 5) is 4.13. The van der Waals surface area contributed by atoms with Crippen LogP contribution in [-0.2, 0) is 4.74 Å². The van der Waals surface area contributed by atoms with E-state index in [0.29, 0.717) is 12.0 Å². The summed E-state index contributed by atoms with van der Waals surface area (Å²) in [6.07, 6.45) is 5.03. The molecular weight excluding hydrogens is 204 g/mol. The minimum atomic E-state index is -0.409. The van der Waals surface area contributed by atoms with E-state index in [1.807, 2.05) is 4.57 Å². The van der Waals surface area contributed by atoms with Crippen LogP contribution in [0.5, 0.6) is 0 Å². The fraction of sp³-hybridized carbons (Fsp3) is 0.750. The van der Waals surface area contributed by atoms with Gasteiger partial charge in [0.05, 0.1) is 24.3 Å². The average molecular weight is 224 g/mol. The Kier molecular flexibility index (Phi) is 3.61. The maximum Gasteiger partial charge on any atom is 0.0985 e. The van der Waals surface area contributed by atoms with Gasteiger partial charge in [-0.25, -0.2) is 4.98 Å². The standard InChI is InChI=1S/C12H20N2O2/c1-9(2)14-8-13-7-11(14)12(15)10-3-5-16-6-4-10/h7-10,12,15H,3-6H2,1-2H3. The molecule has 1 atom stereocenters. The van der Waals surface area contributed by atoms with E-state index in [-0.39, 0.29) is 0 Å². The number of imidazole rings is 1. The van der Waals surface area contributed by atoms with Gasteiger partial charge in [0, 0.05) is 19.3 Å². The lowest BCUT2D eigenvalue weighted by molar-refractivity contribution is 0.00392. The number of aliphatic hydroxyl groups excluding tert-OH is 1. The molecule has 0 amide bonds. The quantitative estimate of drug-likeness (QED) is 0.853. The monoisotopic (exact) mass is 224 g/mol. The number of hydrogen-bond donors (Lipinski definition) is 1. The normalized spacial score (nSPS) is 20.2. The molecule has 1 saturated heterocycles. The van der Waals surface area contributed by atoms with Gasteiger partial charge in [0.1, 0.15) is 0 Å². The van der Waals surface area contributed by atoms with Crippen LogP contribution in [-0.4, -0.2) is 27.9 Å². The predicted octanol–water partition coefficient (Wildman–Crippen LogP) is 1.92. The Morgan fingerprint density at radius 2 is 2.12 bits per heavy atom. The molecule has 1 aromatic heterocycles. The van der Waals surface area contributed by atoms with Crippen LogP contribution in [0.25, 0.3) is 0 Å². The lowest BCUT2D eigenvalue weighted by Crippen LogP contribution is -2.23. The van der Waals surface area contributed by atoms with Gasteiger partial charge < -0.3 is 14.4 Å². The predicted molar refractivity (Wildman–Crippen MR) is 61.1 cm³/mol. The second kappa shape index (κ2) is 4.97. The SMILES string of the molecule is CC(C)n1cncc1C(O)C1CCOCC1. The molecule has 0 spiro atoms. The van der Waals surface area contributed by atoms with Crippen LogP contribution in [0.2, 0.25) is 0 Å². The summed E-state index contributed by atoms with van der Waals surface area (Å²) < 4.78 is 7.35. The molecule has 0 aliphatic carbocycles. The average Bonchev–Trinajstić information content (AvgIpc) is 2.78. The van der Waals surface area contributed by atoms with Gasteiger partial charge in [0.2, 0.25) is 0 Å². The fourth-order valence-corrected chi connectivity index (χ4v) is 2.25. The largest absolute Gasteiger partial charge is 0.387 e. The topological polar surface area (TPSA) is 47.3 Å². The summed E-state index contributed by atoms with van der Waals surface area (Å²) in [7, 11) is 0. The molecule has 0 radical (unpaired) electrons. The highest BCUT2D eigenvalue weighted by molar-refractivity contribution is 5.05. The van der Waals surface area contributed by atoms with Crippen LogP contribution in [0.4, 0.5) is 0 Å². The fourth-order valence-electron chi connectivity index (χ4n) is 2.25. The summed E-state index contributed by atoms with van der Waals surface area (Å²) in [5.74, 6) is 0.308. The van der Waals surface area contributed by atoms with Gasteiger partial charge in [-0.15, -0.1) is 0 Å². The Bertz CT molecular complexity index is 330. The first-order valence-electron chi connectivity index (χ1n) is 5.97. The molecule has 4 nitrogen and oxygen atoms in total. The van der Waals surface area contributed by atoms with Gasteiger partial charge in [-0.1, -0.05) is 0 Å². The highest BCUT2D eigenvalue weighted by Gasteiger charge is 2.26. The molecular formula is C12H20N2O2. The number of hydrogen-bond acceptors (Lipinski definition) is 3. The van der Waals surface area contributed by atoms with Crippen LogP contribution in [0, 0.1) is 5.92 Å². The molecule has 90 valence electrons. The van der Waals surface area contributed by atoms with E-state index >= 15 is 0 Å². The van der Waals surface area contributed by atoms with Gasteiger partial charge >= 0.3 is 0 Å². The van der Waals surface area contributed by atoms with Crippen molar-refractivity contribution in [3.63, 3.8) is 0 Å². The Labute approximate surface area is 96.3 Å². The van der Waals surface area contributed by atoms with E-state index in [1.165, 1.54) is 0 Å². The van der Waals surface area contributed by atoms with E-state index < -0.39 is 6.10 Å². The van der Waals surface area contributed by atoms with Crippen LogP contribution >= 0.6 is 0 Å². The van der Waals surface area contributed by atoms with E-state index in [0.717, 1.165) is 31.7 Å². The van der Waals surface area contributed by atoms with E-state index in [4.69, 9.17) is 4.74 Å². The summed E-state index contributed by atoms with van der Waals surface area (Å²) in [6.45, 7) is 5.72. The molecule has 0 saturated carbocycles. The van der Waals surface area contributed by atoms with E-state index in [2.05, 4.69) is 18.8 Å². The highest BCUT2D eigenvalue weighted by Crippen LogP contribution is 2.30. The van der Waals surface area contributed by atoms with Crippen molar-refractivity contribution in [2.45, 2.75) is 38.8 Å². The van der Waals surface area contributed by atoms with Crippen LogP contribution in [0.15, 0.2) is 12.5 Å². The Morgan fingerprint density at radius 3 is 2.75 bits per heavy atom. The molecule has 16 heavy (non-hydrogen) atoms. The second-order valence-corrected chi connectivity index (χ2v) is 4.71. The Balaban J connectivity index is 2.12. The zero-order chi connectivity index (χ0) is 11.5. The molecule has 4 heteroatoms. The van der Waals surface area contributed by atoms with Gasteiger partial charge in [-0.05, 0) is 32.6 Å². The van der Waals surface area contributed by atoms with Crippen LogP contribution < -0.4 is 0 Å². The second-order valence-electron chi connectivity index (χ2n) is 4.71. The van der Waals surface area contributed by atoms with Crippen molar-refractivity contribution >= 4 is 0 Å². The molecule has 1 N–H and O–H groups in total. The van der Waals surface area contributed by atoms with E-state index in [9.17, 15) is 5.11 Å². The number of nitrogens with zero attached hydrogens (tertiary/aromatic N) is 2. The molecule has 2 rings (SSSR count). The third kappa shape index (κ3) is 2.28. The number of ether oxygens (including phenoxy) is 1. The van der Waals surface area contributed by atoms with Crippen molar-refractivity contribution < 1.29 is 9.84 Å². The van der Waals surface area contributed by atoms with Crippen molar-refractivity contribution in [1.29, 1.82) is 0 Å². The molecule has 1 unspecified atom stereocenters. The first-order valence-corrected chi connectivity index (χ1v) is 5.97. The van der Waals surface area contributed by atoms with Gasteiger partial charge in [-0.3, -0.25) is 0 Å². The number of aromatic nitrogens is 2. The Morgan fingerprint density at radius 1 is 1.44 bits per heavy atom. The maximum absolute atomic E-state index is 10.3. The minimum Gasteiger partial charge on any atom is -0.387 e. The smallest absolute Gasteiger partial charge is 0.0985 e. The summed E-state index contributed by atoms with van der Waals surface area (Å²) in [5.41, 5.74) is 0.932. The van der Waals surface area contributed by atoms with Crippen molar-refractivity contribution in [3.8, 4) is 0 Å². The summed E-state index contributed by atoms with van der Waals surface area (Å²) >= 11 is 0. The van der Waals surface area contributed by atoms with Gasteiger partial charge in [0.15, 0.2) is 0 Å². The maximum atomic E-state index is 10.3. The molecule has 0 bridgehead atoms. The zero-order valence-electron chi connectivity index (χ0n) is 9.97. The van der Waals surface area contributed by atoms with Gasteiger partial charge in [0.25, 0.3) is 0 Å². The molecule has 1 aromatic rings. The highest BCUT2D eigenvalue weighted by atomic mass is 16.5. The summed E-state index contributed by atoms with van der Waals surface area (Å²) in [5, 5.41) is 10.3. The van der Waals surface area contributed by atoms with Crippen molar-refractivity contribution in [2.75, 3.05) is 13.2 Å².